The Morgan fingerprint density at radius 2 is 1.68 bits per heavy atom. The zero-order valence-corrected chi connectivity index (χ0v) is 14.0. The molecule has 2 aliphatic heterocycles. The predicted molar refractivity (Wildman–Crippen MR) is 83.2 cm³/mol. The molecule has 0 saturated carbocycles. The summed E-state index contributed by atoms with van der Waals surface area (Å²) in [7, 11) is -3.97. The maximum absolute atomic E-state index is 12.0. The van der Waals surface area contributed by atoms with Crippen LogP contribution in [0.3, 0.4) is 0 Å². The lowest BCUT2D eigenvalue weighted by Crippen LogP contribution is -2.41. The lowest BCUT2D eigenvalue weighted by molar-refractivity contribution is 0.00578. The van der Waals surface area contributed by atoms with Crippen LogP contribution >= 0.6 is 0 Å². The fraction of sp³-hybridized carbons (Fsp3) is 0.533. The molecule has 1 saturated heterocycles. The van der Waals surface area contributed by atoms with Gasteiger partial charge in [-0.15, -0.1) is 0 Å². The minimum absolute atomic E-state index is 0.0299. The summed E-state index contributed by atoms with van der Waals surface area (Å²) in [6, 6.07) is 4.75. The molecule has 0 N–H and O–H groups in total. The largest absolute Gasteiger partial charge is 0.494 e. The van der Waals surface area contributed by atoms with Gasteiger partial charge in [-0.25, -0.2) is 8.42 Å². The first-order valence-electron chi connectivity index (χ1n) is 7.29. The van der Waals surface area contributed by atoms with Crippen LogP contribution in [0.5, 0.6) is 0 Å². The smallest absolute Gasteiger partial charge is 0.399 e. The monoisotopic (exact) mass is 322 g/mol. The molecule has 0 radical (unpaired) electrons. The Hall–Kier alpha value is -1.18. The standard InChI is InChI=1S/C15H19BO5S/c1-14(2)15(3,4)21-16(20-14)10-5-6-13-11(9-10)12(17)7-8-22(13,18)19/h5-6,9H,7-8H2,1-4H3. The third kappa shape index (κ3) is 2.32. The molecule has 0 bridgehead atoms. The van der Waals surface area contributed by atoms with Crippen molar-refractivity contribution in [2.75, 3.05) is 5.75 Å². The minimum atomic E-state index is -3.36. The highest BCUT2D eigenvalue weighted by Crippen LogP contribution is 2.36. The molecule has 0 atom stereocenters. The molecular formula is C15H19BO5S. The predicted octanol–water partition coefficient (Wildman–Crippen LogP) is 1.35. The van der Waals surface area contributed by atoms with Gasteiger partial charge in [0.15, 0.2) is 15.6 Å². The molecule has 0 spiro atoms. The second-order valence-electron chi connectivity index (χ2n) is 6.84. The molecule has 1 fully saturated rings. The summed E-state index contributed by atoms with van der Waals surface area (Å²) < 4.78 is 36.0. The number of hydrogen-bond acceptors (Lipinski definition) is 5. The zero-order chi connectivity index (χ0) is 16.3. The Morgan fingerprint density at radius 1 is 1.09 bits per heavy atom. The SMILES string of the molecule is CC1(C)OB(c2ccc3c(c2)C(=O)CCS3(=O)=O)OC1(C)C. The van der Waals surface area contributed by atoms with Gasteiger partial charge >= 0.3 is 7.12 Å². The maximum Gasteiger partial charge on any atom is 0.494 e. The van der Waals surface area contributed by atoms with E-state index in [0.717, 1.165) is 0 Å². The van der Waals surface area contributed by atoms with E-state index in [4.69, 9.17) is 9.31 Å². The first-order chi connectivity index (χ1) is 10.0. The zero-order valence-electron chi connectivity index (χ0n) is 13.2. The van der Waals surface area contributed by atoms with Gasteiger partial charge in [0.2, 0.25) is 0 Å². The normalized spacial score (nSPS) is 25.1. The van der Waals surface area contributed by atoms with Crippen molar-refractivity contribution in [3.63, 3.8) is 0 Å². The quantitative estimate of drug-likeness (QED) is 0.730. The number of benzene rings is 1. The van der Waals surface area contributed by atoms with E-state index in [9.17, 15) is 13.2 Å². The highest BCUT2D eigenvalue weighted by Gasteiger charge is 2.52. The molecule has 7 heteroatoms. The third-order valence-corrected chi connectivity index (χ3v) is 6.53. The van der Waals surface area contributed by atoms with E-state index in [2.05, 4.69) is 0 Å². The summed E-state index contributed by atoms with van der Waals surface area (Å²) in [5.41, 5.74) is -0.0471. The number of sulfone groups is 1. The molecule has 2 heterocycles. The Balaban J connectivity index is 2.02. The molecule has 2 aliphatic rings. The summed E-state index contributed by atoms with van der Waals surface area (Å²) in [4.78, 5) is 12.2. The van der Waals surface area contributed by atoms with E-state index >= 15 is 0 Å². The average molecular weight is 322 g/mol. The highest BCUT2D eigenvalue weighted by molar-refractivity contribution is 7.91. The van der Waals surface area contributed by atoms with Crippen molar-refractivity contribution in [3.05, 3.63) is 23.8 Å². The van der Waals surface area contributed by atoms with Crippen LogP contribution in [0.2, 0.25) is 0 Å². The van der Waals surface area contributed by atoms with Gasteiger partial charge in [0, 0.05) is 12.0 Å². The number of Topliss-reactive ketones (excluding diaryl/α,β-unsaturated/α-hetero) is 1. The average Bonchev–Trinajstić information content (AvgIpc) is 2.63. The van der Waals surface area contributed by atoms with Crippen LogP contribution in [0.1, 0.15) is 44.5 Å². The van der Waals surface area contributed by atoms with Crippen molar-refractivity contribution in [2.45, 2.75) is 50.2 Å². The van der Waals surface area contributed by atoms with Crippen molar-refractivity contribution in [1.82, 2.24) is 0 Å². The van der Waals surface area contributed by atoms with E-state index in [1.54, 1.807) is 12.1 Å². The van der Waals surface area contributed by atoms with Gasteiger partial charge in [-0.2, -0.15) is 0 Å². The molecular weight excluding hydrogens is 303 g/mol. The van der Waals surface area contributed by atoms with E-state index in [-0.39, 0.29) is 28.4 Å². The van der Waals surface area contributed by atoms with Crippen molar-refractivity contribution in [3.8, 4) is 0 Å². The lowest BCUT2D eigenvalue weighted by atomic mass is 9.78. The molecule has 0 aliphatic carbocycles. The van der Waals surface area contributed by atoms with Crippen molar-refractivity contribution in [1.29, 1.82) is 0 Å². The van der Waals surface area contributed by atoms with Crippen molar-refractivity contribution < 1.29 is 22.5 Å². The van der Waals surface area contributed by atoms with Gasteiger partial charge in [-0.05, 0) is 39.2 Å². The second-order valence-corrected chi connectivity index (χ2v) is 8.91. The number of rotatable bonds is 1. The number of carbonyl (C=O) groups is 1. The van der Waals surface area contributed by atoms with Crippen LogP contribution < -0.4 is 5.46 Å². The van der Waals surface area contributed by atoms with Gasteiger partial charge in [0.05, 0.1) is 21.9 Å². The summed E-state index contributed by atoms with van der Waals surface area (Å²) in [5.74, 6) is -0.266. The molecule has 0 amide bonds. The first kappa shape index (κ1) is 15.7. The molecule has 5 nitrogen and oxygen atoms in total. The van der Waals surface area contributed by atoms with E-state index < -0.39 is 28.2 Å². The Labute approximate surface area is 131 Å². The van der Waals surface area contributed by atoms with Gasteiger partial charge in [-0.3, -0.25) is 4.79 Å². The van der Waals surface area contributed by atoms with E-state index in [1.807, 2.05) is 27.7 Å². The van der Waals surface area contributed by atoms with Gasteiger partial charge in [0.1, 0.15) is 0 Å². The summed E-state index contributed by atoms with van der Waals surface area (Å²) in [6.45, 7) is 7.78. The van der Waals surface area contributed by atoms with Crippen LogP contribution in [0.25, 0.3) is 0 Å². The van der Waals surface area contributed by atoms with Crippen LogP contribution in [0, 0.1) is 0 Å². The minimum Gasteiger partial charge on any atom is -0.399 e. The summed E-state index contributed by atoms with van der Waals surface area (Å²) in [5, 5.41) is 0. The van der Waals surface area contributed by atoms with E-state index in [0.29, 0.717) is 5.46 Å². The van der Waals surface area contributed by atoms with Crippen LogP contribution in [-0.2, 0) is 19.1 Å². The van der Waals surface area contributed by atoms with Gasteiger partial charge < -0.3 is 9.31 Å². The first-order valence-corrected chi connectivity index (χ1v) is 8.94. The Kier molecular flexibility index (Phi) is 3.33. The molecule has 118 valence electrons. The topological polar surface area (TPSA) is 69.7 Å². The molecule has 1 aromatic carbocycles. The number of fused-ring (bicyclic) bond motifs is 1. The van der Waals surface area contributed by atoms with Crippen molar-refractivity contribution in [2.24, 2.45) is 0 Å². The molecule has 22 heavy (non-hydrogen) atoms. The fourth-order valence-electron chi connectivity index (χ4n) is 2.63. The number of carbonyl (C=O) groups excluding carboxylic acids is 1. The van der Waals surface area contributed by atoms with E-state index in [1.165, 1.54) is 6.07 Å². The van der Waals surface area contributed by atoms with Crippen LogP contribution in [0.15, 0.2) is 23.1 Å². The van der Waals surface area contributed by atoms with Crippen LogP contribution in [-0.4, -0.2) is 38.3 Å². The highest BCUT2D eigenvalue weighted by atomic mass is 32.2. The lowest BCUT2D eigenvalue weighted by Gasteiger charge is -2.32. The second kappa shape index (κ2) is 4.66. The van der Waals surface area contributed by atoms with Crippen LogP contribution in [0.4, 0.5) is 0 Å². The third-order valence-electron chi connectivity index (χ3n) is 4.76. The fourth-order valence-corrected chi connectivity index (χ4v) is 4.09. The van der Waals surface area contributed by atoms with Crippen molar-refractivity contribution >= 4 is 28.2 Å². The molecule has 3 rings (SSSR count). The molecule has 0 aromatic heterocycles. The Morgan fingerprint density at radius 3 is 2.27 bits per heavy atom. The summed E-state index contributed by atoms with van der Waals surface area (Å²) in [6.07, 6.45) is 0.0299. The Bertz CT molecular complexity index is 735. The molecule has 1 aromatic rings. The van der Waals surface area contributed by atoms with Gasteiger partial charge in [0.25, 0.3) is 0 Å². The van der Waals surface area contributed by atoms with Gasteiger partial charge in [-0.1, -0.05) is 12.1 Å². The molecule has 0 unspecified atom stereocenters. The number of hydrogen-bond donors (Lipinski definition) is 0. The number of ketones is 1. The summed E-state index contributed by atoms with van der Waals surface area (Å²) >= 11 is 0. The maximum atomic E-state index is 12.0.